The molecule has 0 amide bonds. The van der Waals surface area contributed by atoms with Crippen LogP contribution >= 0.6 is 11.3 Å². The minimum atomic E-state index is -0.00655. The van der Waals surface area contributed by atoms with Gasteiger partial charge >= 0.3 is 0 Å². The average molecular weight is 300 g/mol. The van der Waals surface area contributed by atoms with Gasteiger partial charge < -0.3 is 10.3 Å². The van der Waals surface area contributed by atoms with Crippen LogP contribution in [0.3, 0.4) is 0 Å². The molecule has 0 aliphatic heterocycles. The number of rotatable bonds is 5. The Morgan fingerprint density at radius 3 is 2.90 bits per heavy atom. The van der Waals surface area contributed by atoms with Crippen molar-refractivity contribution in [2.75, 3.05) is 6.54 Å². The van der Waals surface area contributed by atoms with Crippen molar-refractivity contribution >= 4 is 28.2 Å². The van der Waals surface area contributed by atoms with Crippen LogP contribution in [0.4, 0.5) is 0 Å². The second-order valence-corrected chi connectivity index (χ2v) is 5.78. The zero-order valence-corrected chi connectivity index (χ0v) is 12.6. The molecule has 0 aliphatic rings. The number of nitrogens with zero attached hydrogens (tertiary/aromatic N) is 3. The highest BCUT2D eigenvalue weighted by Gasteiger charge is 2.15. The number of hydrogen-bond acceptors (Lipinski definition) is 5. The van der Waals surface area contributed by atoms with Crippen LogP contribution in [-0.2, 0) is 19.9 Å². The number of thiazole rings is 1. The predicted molar refractivity (Wildman–Crippen MR) is 83.6 cm³/mol. The van der Waals surface area contributed by atoms with E-state index < -0.39 is 0 Å². The van der Waals surface area contributed by atoms with E-state index in [1.54, 1.807) is 5.38 Å². The summed E-state index contributed by atoms with van der Waals surface area (Å²) in [5, 5.41) is 2.71. The lowest BCUT2D eigenvalue weighted by Gasteiger charge is -2.00. The molecule has 0 spiro atoms. The molecule has 0 aliphatic carbocycles. The molecular formula is C15H16N4OS. The third-order valence-corrected chi connectivity index (χ3v) is 4.30. The van der Waals surface area contributed by atoms with Gasteiger partial charge in [-0.05, 0) is 18.7 Å². The second kappa shape index (κ2) is 5.75. The molecule has 0 atom stereocenters. The highest BCUT2D eigenvalue weighted by atomic mass is 32.1. The van der Waals surface area contributed by atoms with Crippen molar-refractivity contribution < 1.29 is 4.79 Å². The molecule has 108 valence electrons. The van der Waals surface area contributed by atoms with E-state index >= 15 is 0 Å². The minimum absolute atomic E-state index is 0.00655. The van der Waals surface area contributed by atoms with Gasteiger partial charge in [-0.3, -0.25) is 4.79 Å². The third-order valence-electron chi connectivity index (χ3n) is 3.39. The van der Waals surface area contributed by atoms with E-state index in [2.05, 4.69) is 9.97 Å². The van der Waals surface area contributed by atoms with Gasteiger partial charge in [0, 0.05) is 18.8 Å². The Labute approximate surface area is 126 Å². The number of fused-ring (bicyclic) bond motifs is 1. The number of aromatic nitrogens is 3. The fourth-order valence-corrected chi connectivity index (χ4v) is 3.08. The van der Waals surface area contributed by atoms with Crippen LogP contribution in [0, 0.1) is 0 Å². The Bertz CT molecular complexity index is 790. The van der Waals surface area contributed by atoms with Crippen LogP contribution in [0.5, 0.6) is 0 Å². The fourth-order valence-electron chi connectivity index (χ4n) is 2.26. The van der Waals surface area contributed by atoms with E-state index in [0.717, 1.165) is 21.9 Å². The number of para-hydroxylation sites is 2. The molecule has 21 heavy (non-hydrogen) atoms. The smallest absolute Gasteiger partial charge is 0.189 e. The maximum absolute atomic E-state index is 12.3. The summed E-state index contributed by atoms with van der Waals surface area (Å²) < 4.78 is 1.96. The molecule has 2 N–H and O–H groups in total. The molecule has 3 rings (SSSR count). The lowest BCUT2D eigenvalue weighted by atomic mass is 10.2. The maximum Gasteiger partial charge on any atom is 0.189 e. The van der Waals surface area contributed by atoms with Gasteiger partial charge in [-0.2, -0.15) is 0 Å². The molecule has 6 heteroatoms. The fraction of sp³-hybridized carbons (Fsp3) is 0.267. The molecule has 2 heterocycles. The molecule has 0 unspecified atom stereocenters. The standard InChI is InChI=1S/C15H16N4OS/c1-19-12-5-3-2-4-10(12)17-14(19)8-13(20)11-9-21-15(18-11)6-7-16/h2-5,9H,6-8,16H2,1H3. The Balaban J connectivity index is 1.83. The van der Waals surface area contributed by atoms with Crippen molar-refractivity contribution in [3.63, 3.8) is 0 Å². The number of nitrogens with two attached hydrogens (primary N) is 1. The van der Waals surface area contributed by atoms with Crippen molar-refractivity contribution in [3.05, 3.63) is 46.2 Å². The summed E-state index contributed by atoms with van der Waals surface area (Å²) in [6.45, 7) is 0.548. The van der Waals surface area contributed by atoms with E-state index in [-0.39, 0.29) is 12.2 Å². The summed E-state index contributed by atoms with van der Waals surface area (Å²) in [5.74, 6) is 0.752. The largest absolute Gasteiger partial charge is 0.331 e. The first-order valence-corrected chi connectivity index (χ1v) is 7.65. The van der Waals surface area contributed by atoms with Gasteiger partial charge in [0.1, 0.15) is 11.5 Å². The maximum atomic E-state index is 12.3. The first-order chi connectivity index (χ1) is 10.2. The molecule has 2 aromatic heterocycles. The Morgan fingerprint density at radius 1 is 1.33 bits per heavy atom. The molecule has 0 saturated carbocycles. The Kier molecular flexibility index (Phi) is 3.81. The lowest BCUT2D eigenvalue weighted by Crippen LogP contribution is -2.09. The van der Waals surface area contributed by atoms with Crippen LogP contribution in [0.25, 0.3) is 11.0 Å². The zero-order chi connectivity index (χ0) is 14.8. The molecule has 3 aromatic rings. The summed E-state index contributed by atoms with van der Waals surface area (Å²) in [6, 6.07) is 7.86. The number of aryl methyl sites for hydroxylation is 1. The first-order valence-electron chi connectivity index (χ1n) is 6.77. The van der Waals surface area contributed by atoms with Gasteiger partial charge in [0.25, 0.3) is 0 Å². The van der Waals surface area contributed by atoms with Gasteiger partial charge in [-0.15, -0.1) is 11.3 Å². The van der Waals surface area contributed by atoms with Crippen molar-refractivity contribution in [1.82, 2.24) is 14.5 Å². The highest BCUT2D eigenvalue weighted by Crippen LogP contribution is 2.17. The van der Waals surface area contributed by atoms with Crippen molar-refractivity contribution in [2.45, 2.75) is 12.8 Å². The minimum Gasteiger partial charge on any atom is -0.331 e. The molecule has 0 fully saturated rings. The summed E-state index contributed by atoms with van der Waals surface area (Å²) in [4.78, 5) is 21.2. The Hall–Kier alpha value is -2.05. The number of ketones is 1. The normalized spacial score (nSPS) is 11.1. The van der Waals surface area contributed by atoms with Gasteiger partial charge in [0.15, 0.2) is 5.78 Å². The van der Waals surface area contributed by atoms with Gasteiger partial charge in [0.05, 0.1) is 22.5 Å². The average Bonchev–Trinajstić information content (AvgIpc) is 3.06. The molecule has 0 bridgehead atoms. The summed E-state index contributed by atoms with van der Waals surface area (Å²) in [7, 11) is 1.93. The van der Waals surface area contributed by atoms with Crippen LogP contribution in [0.15, 0.2) is 29.6 Å². The quantitative estimate of drug-likeness (QED) is 0.731. The van der Waals surface area contributed by atoms with E-state index in [4.69, 9.17) is 5.73 Å². The van der Waals surface area contributed by atoms with Gasteiger partial charge in [0.2, 0.25) is 0 Å². The summed E-state index contributed by atoms with van der Waals surface area (Å²) in [5.41, 5.74) is 7.95. The number of benzene rings is 1. The van der Waals surface area contributed by atoms with Crippen molar-refractivity contribution in [1.29, 1.82) is 0 Å². The number of carbonyl (C=O) groups is 1. The van der Waals surface area contributed by atoms with E-state index in [1.807, 2.05) is 35.9 Å². The van der Waals surface area contributed by atoms with E-state index in [0.29, 0.717) is 18.7 Å². The molecular weight excluding hydrogens is 284 g/mol. The first kappa shape index (κ1) is 13.9. The second-order valence-electron chi connectivity index (χ2n) is 4.84. The number of Topliss-reactive ketones (excluding diaryl/α,β-unsaturated/α-hetero) is 1. The van der Waals surface area contributed by atoms with E-state index in [1.165, 1.54) is 11.3 Å². The van der Waals surface area contributed by atoms with Crippen LogP contribution in [-0.4, -0.2) is 26.9 Å². The van der Waals surface area contributed by atoms with Crippen molar-refractivity contribution in [2.24, 2.45) is 12.8 Å². The predicted octanol–water partition coefficient (Wildman–Crippen LogP) is 1.96. The van der Waals surface area contributed by atoms with Crippen LogP contribution in [0.2, 0.25) is 0 Å². The molecule has 0 radical (unpaired) electrons. The third kappa shape index (κ3) is 2.72. The molecule has 0 saturated heterocycles. The molecule has 5 nitrogen and oxygen atoms in total. The summed E-state index contributed by atoms with van der Waals surface area (Å²) in [6.07, 6.45) is 0.973. The Morgan fingerprint density at radius 2 is 2.14 bits per heavy atom. The topological polar surface area (TPSA) is 73.8 Å². The molecule has 1 aromatic carbocycles. The number of imidazole rings is 1. The summed E-state index contributed by atoms with van der Waals surface area (Å²) >= 11 is 1.48. The number of hydrogen-bond donors (Lipinski definition) is 1. The highest BCUT2D eigenvalue weighted by molar-refractivity contribution is 7.09. The van der Waals surface area contributed by atoms with Crippen molar-refractivity contribution in [3.8, 4) is 0 Å². The SMILES string of the molecule is Cn1c(CC(=O)c2csc(CCN)n2)nc2ccccc21. The lowest BCUT2D eigenvalue weighted by molar-refractivity contribution is 0.0986. The van der Waals surface area contributed by atoms with Crippen LogP contribution < -0.4 is 5.73 Å². The van der Waals surface area contributed by atoms with E-state index in [9.17, 15) is 4.79 Å². The van der Waals surface area contributed by atoms with Gasteiger partial charge in [-0.25, -0.2) is 9.97 Å². The van der Waals surface area contributed by atoms with Crippen LogP contribution in [0.1, 0.15) is 21.3 Å². The monoisotopic (exact) mass is 300 g/mol. The van der Waals surface area contributed by atoms with Gasteiger partial charge in [-0.1, -0.05) is 12.1 Å². The zero-order valence-electron chi connectivity index (χ0n) is 11.7. The number of carbonyl (C=O) groups excluding carboxylic acids is 1.